The lowest BCUT2D eigenvalue weighted by molar-refractivity contribution is 0.648. The smallest absolute Gasteiger partial charge is 0.0465 e. The highest BCUT2D eigenvalue weighted by molar-refractivity contribution is 9.10. The first kappa shape index (κ1) is 15.5. The molecule has 0 bridgehead atoms. The van der Waals surface area contributed by atoms with E-state index >= 15 is 0 Å². The molecular formula is C22H20BrN. The minimum Gasteiger partial charge on any atom is -0.355 e. The number of nitrogens with one attached hydrogen (secondary N) is 1. The van der Waals surface area contributed by atoms with Crippen LogP contribution in [-0.4, -0.2) is 4.98 Å². The van der Waals surface area contributed by atoms with Crippen molar-refractivity contribution in [3.63, 3.8) is 0 Å². The van der Waals surface area contributed by atoms with Gasteiger partial charge in [0.05, 0.1) is 0 Å². The summed E-state index contributed by atoms with van der Waals surface area (Å²) in [5.41, 5.74) is 6.42. The van der Waals surface area contributed by atoms with Gasteiger partial charge in [-0.2, -0.15) is 0 Å². The van der Waals surface area contributed by atoms with E-state index in [-0.39, 0.29) is 0 Å². The van der Waals surface area contributed by atoms with Crippen LogP contribution in [0, 0.1) is 5.92 Å². The van der Waals surface area contributed by atoms with E-state index in [1.165, 1.54) is 38.5 Å². The van der Waals surface area contributed by atoms with E-state index in [2.05, 4.69) is 95.4 Å². The maximum absolute atomic E-state index is 3.62. The first-order chi connectivity index (χ1) is 11.6. The van der Waals surface area contributed by atoms with Crippen LogP contribution in [0.2, 0.25) is 0 Å². The van der Waals surface area contributed by atoms with Crippen molar-refractivity contribution >= 4 is 37.7 Å². The number of fused-ring (bicyclic) bond motifs is 3. The molecule has 2 heteroatoms. The van der Waals surface area contributed by atoms with Gasteiger partial charge in [0.15, 0.2) is 0 Å². The van der Waals surface area contributed by atoms with Gasteiger partial charge in [-0.25, -0.2) is 0 Å². The Balaban J connectivity index is 1.92. The van der Waals surface area contributed by atoms with Crippen LogP contribution in [-0.2, 0) is 6.42 Å². The maximum Gasteiger partial charge on any atom is 0.0465 e. The number of para-hydroxylation sites is 1. The fourth-order valence-electron chi connectivity index (χ4n) is 3.47. The van der Waals surface area contributed by atoms with E-state index in [0.29, 0.717) is 5.92 Å². The van der Waals surface area contributed by atoms with Gasteiger partial charge in [-0.05, 0) is 59.4 Å². The Labute approximate surface area is 150 Å². The lowest BCUT2D eigenvalue weighted by Crippen LogP contribution is -1.97. The molecule has 0 aliphatic rings. The van der Waals surface area contributed by atoms with Gasteiger partial charge < -0.3 is 4.98 Å². The lowest BCUT2D eigenvalue weighted by atomic mass is 9.93. The number of rotatable bonds is 3. The van der Waals surface area contributed by atoms with Gasteiger partial charge in [-0.1, -0.05) is 60.1 Å². The average Bonchev–Trinajstić information content (AvgIpc) is 2.92. The predicted molar refractivity (Wildman–Crippen MR) is 107 cm³/mol. The zero-order chi connectivity index (χ0) is 16.7. The van der Waals surface area contributed by atoms with Gasteiger partial charge >= 0.3 is 0 Å². The summed E-state index contributed by atoms with van der Waals surface area (Å²) in [5.74, 6) is 0.634. The molecule has 0 amide bonds. The Morgan fingerprint density at radius 3 is 2.50 bits per heavy atom. The molecule has 4 rings (SSSR count). The highest BCUT2D eigenvalue weighted by Gasteiger charge is 2.10. The summed E-state index contributed by atoms with van der Waals surface area (Å²) < 4.78 is 1.15. The number of hydrogen-bond donors (Lipinski definition) is 1. The maximum atomic E-state index is 3.62. The van der Waals surface area contributed by atoms with Gasteiger partial charge in [0.1, 0.15) is 0 Å². The summed E-state index contributed by atoms with van der Waals surface area (Å²) >= 11 is 3.62. The second kappa shape index (κ2) is 6.10. The van der Waals surface area contributed by atoms with Crippen molar-refractivity contribution in [1.82, 2.24) is 4.98 Å². The van der Waals surface area contributed by atoms with Crippen molar-refractivity contribution in [1.29, 1.82) is 0 Å². The first-order valence-electron chi connectivity index (χ1n) is 8.41. The van der Waals surface area contributed by atoms with Crippen LogP contribution >= 0.6 is 15.9 Å². The van der Waals surface area contributed by atoms with Crippen LogP contribution in [0.3, 0.4) is 0 Å². The molecule has 0 radical (unpaired) electrons. The summed E-state index contributed by atoms with van der Waals surface area (Å²) in [6, 6.07) is 21.9. The molecule has 3 aromatic carbocycles. The fraction of sp³-hybridized carbons (Fsp3) is 0.182. The van der Waals surface area contributed by atoms with Crippen molar-refractivity contribution in [2.24, 2.45) is 5.92 Å². The van der Waals surface area contributed by atoms with Gasteiger partial charge in [-0.3, -0.25) is 0 Å². The molecule has 0 fully saturated rings. The van der Waals surface area contributed by atoms with Crippen molar-refractivity contribution in [3.8, 4) is 11.1 Å². The molecule has 0 atom stereocenters. The van der Waals surface area contributed by atoms with E-state index in [1.54, 1.807) is 0 Å². The van der Waals surface area contributed by atoms with Crippen LogP contribution in [0.1, 0.15) is 19.4 Å². The Hall–Kier alpha value is -2.06. The number of benzene rings is 3. The molecule has 1 N–H and O–H groups in total. The summed E-state index contributed by atoms with van der Waals surface area (Å²) in [7, 11) is 0. The van der Waals surface area contributed by atoms with Gasteiger partial charge in [-0.15, -0.1) is 0 Å². The quantitative estimate of drug-likeness (QED) is 0.397. The molecule has 1 heterocycles. The molecule has 0 unspecified atom stereocenters. The number of halogens is 1. The summed E-state index contributed by atoms with van der Waals surface area (Å²) in [6.45, 7) is 4.54. The molecule has 0 aliphatic heterocycles. The third-order valence-electron chi connectivity index (χ3n) is 4.51. The molecule has 0 spiro atoms. The topological polar surface area (TPSA) is 15.8 Å². The number of aromatic amines is 1. The monoisotopic (exact) mass is 377 g/mol. The van der Waals surface area contributed by atoms with Crippen LogP contribution < -0.4 is 0 Å². The van der Waals surface area contributed by atoms with Gasteiger partial charge in [0.25, 0.3) is 0 Å². The predicted octanol–water partition coefficient (Wildman–Crippen LogP) is 6.95. The minimum absolute atomic E-state index is 0.634. The van der Waals surface area contributed by atoms with Crippen molar-refractivity contribution in [2.75, 3.05) is 0 Å². The van der Waals surface area contributed by atoms with E-state index in [4.69, 9.17) is 0 Å². The van der Waals surface area contributed by atoms with Crippen molar-refractivity contribution in [2.45, 2.75) is 20.3 Å². The highest BCUT2D eigenvalue weighted by atomic mass is 79.9. The molecule has 1 nitrogen and oxygen atoms in total. The third kappa shape index (κ3) is 2.76. The normalized spacial score (nSPS) is 11.7. The van der Waals surface area contributed by atoms with Crippen molar-refractivity contribution in [3.05, 3.63) is 70.7 Å². The number of hydrogen-bond acceptors (Lipinski definition) is 0. The molecule has 0 saturated carbocycles. The standard InChI is InChI=1S/C22H20BrN/c1-14(2)11-16-12-17(23)8-9-18(16)15-7-10-22-20(13-15)19-5-3-4-6-21(19)24-22/h3-10,12-14,24H,11H2,1-2H3. The van der Waals surface area contributed by atoms with E-state index in [0.717, 1.165) is 10.9 Å². The summed E-state index contributed by atoms with van der Waals surface area (Å²) in [4.78, 5) is 3.51. The largest absolute Gasteiger partial charge is 0.355 e. The van der Waals surface area contributed by atoms with E-state index in [1.807, 2.05) is 0 Å². The minimum atomic E-state index is 0.634. The zero-order valence-electron chi connectivity index (χ0n) is 13.9. The second-order valence-corrected chi connectivity index (χ2v) is 7.75. The fourth-order valence-corrected chi connectivity index (χ4v) is 3.88. The molecule has 24 heavy (non-hydrogen) atoms. The van der Waals surface area contributed by atoms with Crippen LogP contribution in [0.4, 0.5) is 0 Å². The first-order valence-corrected chi connectivity index (χ1v) is 9.20. The number of aromatic nitrogens is 1. The summed E-state index contributed by atoms with van der Waals surface area (Å²) in [6.07, 6.45) is 1.08. The lowest BCUT2D eigenvalue weighted by Gasteiger charge is -2.13. The zero-order valence-corrected chi connectivity index (χ0v) is 15.5. The van der Waals surface area contributed by atoms with Gasteiger partial charge in [0, 0.05) is 26.3 Å². The molecule has 120 valence electrons. The molecule has 0 aliphatic carbocycles. The van der Waals surface area contributed by atoms with E-state index < -0.39 is 0 Å². The van der Waals surface area contributed by atoms with E-state index in [9.17, 15) is 0 Å². The van der Waals surface area contributed by atoms with Crippen LogP contribution in [0.25, 0.3) is 32.9 Å². The van der Waals surface area contributed by atoms with Crippen LogP contribution in [0.15, 0.2) is 65.1 Å². The summed E-state index contributed by atoms with van der Waals surface area (Å²) in [5, 5.41) is 2.58. The molecule has 4 aromatic rings. The van der Waals surface area contributed by atoms with Gasteiger partial charge in [0.2, 0.25) is 0 Å². The SMILES string of the molecule is CC(C)Cc1cc(Br)ccc1-c1ccc2[nH]c3ccccc3c2c1. The molecular weight excluding hydrogens is 358 g/mol. The van der Waals surface area contributed by atoms with Crippen molar-refractivity contribution < 1.29 is 0 Å². The average molecular weight is 378 g/mol. The third-order valence-corrected chi connectivity index (χ3v) is 5.01. The van der Waals surface area contributed by atoms with Crippen LogP contribution in [0.5, 0.6) is 0 Å². The second-order valence-electron chi connectivity index (χ2n) is 6.83. The highest BCUT2D eigenvalue weighted by Crippen LogP contribution is 2.33. The molecule has 1 aromatic heterocycles. The Kier molecular flexibility index (Phi) is 3.93. The Morgan fingerprint density at radius 1 is 0.875 bits per heavy atom. The Bertz CT molecular complexity index is 1030. The molecule has 0 saturated heterocycles. The Morgan fingerprint density at radius 2 is 1.67 bits per heavy atom. The number of H-pyrrole nitrogens is 1.